The summed E-state index contributed by atoms with van der Waals surface area (Å²) in [4.78, 5) is 27.5. The minimum atomic E-state index is -0.268. The molecule has 0 spiro atoms. The first-order chi connectivity index (χ1) is 17.0. The average molecular weight is 505 g/mol. The van der Waals surface area contributed by atoms with Crippen LogP contribution < -0.4 is 19.7 Å². The number of rotatable bonds is 8. The molecule has 1 aliphatic heterocycles. The van der Waals surface area contributed by atoms with E-state index in [1.807, 2.05) is 80.6 Å². The van der Waals surface area contributed by atoms with Crippen LogP contribution in [0.1, 0.15) is 18.1 Å². The van der Waals surface area contributed by atoms with Crippen molar-refractivity contribution < 1.29 is 19.1 Å². The van der Waals surface area contributed by atoms with E-state index in [4.69, 9.17) is 21.7 Å². The van der Waals surface area contributed by atoms with Crippen molar-refractivity contribution in [2.75, 3.05) is 23.4 Å². The fourth-order valence-corrected chi connectivity index (χ4v) is 4.75. The summed E-state index contributed by atoms with van der Waals surface area (Å²) in [7, 11) is 0. The molecule has 1 aliphatic rings. The lowest BCUT2D eigenvalue weighted by Crippen LogP contribution is -2.27. The van der Waals surface area contributed by atoms with E-state index in [-0.39, 0.29) is 18.4 Å². The molecule has 1 saturated heterocycles. The minimum absolute atomic E-state index is 0.160. The third kappa shape index (κ3) is 5.90. The molecule has 0 saturated carbocycles. The summed E-state index contributed by atoms with van der Waals surface area (Å²) in [5.41, 5.74) is 3.07. The monoisotopic (exact) mass is 504 g/mol. The van der Waals surface area contributed by atoms with Crippen LogP contribution in [-0.2, 0) is 9.59 Å². The second-order valence-corrected chi connectivity index (χ2v) is 9.31. The molecule has 4 rings (SSSR count). The number of carbonyl (C=O) groups excluding carboxylic acids is 2. The standard InChI is InChI=1S/C27H24N2O4S2/c1-3-32-21-14-12-20(13-15-21)29-26(31)24(35-27(29)34)16-19-9-5-7-11-23(19)33-17-25(30)28-22-10-6-4-8-18(22)2/h4-16H,3,17H2,1-2H3,(H,28,30)/b24-16-. The fourth-order valence-electron chi connectivity index (χ4n) is 3.46. The van der Waals surface area contributed by atoms with E-state index in [0.29, 0.717) is 32.8 Å². The zero-order valence-corrected chi connectivity index (χ0v) is 20.9. The number of anilines is 2. The Morgan fingerprint density at radius 2 is 1.74 bits per heavy atom. The SMILES string of the molecule is CCOc1ccc(N2C(=O)/C(=C/c3ccccc3OCC(=O)Nc3ccccc3C)SC2=S)cc1. The highest BCUT2D eigenvalue weighted by Crippen LogP contribution is 2.37. The zero-order chi connectivity index (χ0) is 24.8. The number of nitrogens with one attached hydrogen (secondary N) is 1. The van der Waals surface area contributed by atoms with E-state index in [1.54, 1.807) is 12.1 Å². The second kappa shape index (κ2) is 11.2. The molecular formula is C27H24N2O4S2. The summed E-state index contributed by atoms with van der Waals surface area (Å²) >= 11 is 6.70. The summed E-state index contributed by atoms with van der Waals surface area (Å²) in [5, 5.41) is 2.85. The van der Waals surface area contributed by atoms with Gasteiger partial charge in [-0.1, -0.05) is 60.4 Å². The molecule has 3 aromatic carbocycles. The van der Waals surface area contributed by atoms with Gasteiger partial charge >= 0.3 is 0 Å². The molecular weight excluding hydrogens is 480 g/mol. The average Bonchev–Trinajstić information content (AvgIpc) is 3.13. The first-order valence-electron chi connectivity index (χ1n) is 11.0. The topological polar surface area (TPSA) is 67.9 Å². The van der Waals surface area contributed by atoms with Crippen molar-refractivity contribution in [3.05, 3.63) is 88.8 Å². The van der Waals surface area contributed by atoms with Gasteiger partial charge in [0.05, 0.1) is 17.2 Å². The van der Waals surface area contributed by atoms with Crippen LogP contribution in [0.2, 0.25) is 0 Å². The van der Waals surface area contributed by atoms with Crippen LogP contribution in [0.4, 0.5) is 11.4 Å². The normalized spacial score (nSPS) is 14.3. The maximum absolute atomic E-state index is 13.2. The number of hydrogen-bond acceptors (Lipinski definition) is 6. The van der Waals surface area contributed by atoms with Crippen molar-refractivity contribution in [2.45, 2.75) is 13.8 Å². The number of thioether (sulfide) groups is 1. The van der Waals surface area contributed by atoms with Gasteiger partial charge in [-0.25, -0.2) is 0 Å². The van der Waals surface area contributed by atoms with Crippen molar-refractivity contribution in [2.24, 2.45) is 0 Å². The van der Waals surface area contributed by atoms with Gasteiger partial charge in [-0.2, -0.15) is 0 Å². The fraction of sp³-hybridized carbons (Fsp3) is 0.148. The number of nitrogens with zero attached hydrogens (tertiary/aromatic N) is 1. The van der Waals surface area contributed by atoms with Gasteiger partial charge < -0.3 is 14.8 Å². The Hall–Kier alpha value is -3.62. The lowest BCUT2D eigenvalue weighted by Gasteiger charge is -2.15. The van der Waals surface area contributed by atoms with Crippen molar-refractivity contribution in [1.29, 1.82) is 0 Å². The summed E-state index contributed by atoms with van der Waals surface area (Å²) in [5.74, 6) is 0.751. The van der Waals surface area contributed by atoms with Gasteiger partial charge in [-0.3, -0.25) is 14.5 Å². The predicted molar refractivity (Wildman–Crippen MR) is 145 cm³/mol. The molecule has 35 heavy (non-hydrogen) atoms. The lowest BCUT2D eigenvalue weighted by atomic mass is 10.2. The quantitative estimate of drug-likeness (QED) is 0.308. The van der Waals surface area contributed by atoms with Gasteiger partial charge in [0, 0.05) is 11.3 Å². The molecule has 0 radical (unpaired) electrons. The van der Waals surface area contributed by atoms with E-state index in [9.17, 15) is 9.59 Å². The van der Waals surface area contributed by atoms with Crippen LogP contribution in [0.3, 0.4) is 0 Å². The molecule has 1 fully saturated rings. The zero-order valence-electron chi connectivity index (χ0n) is 19.3. The highest BCUT2D eigenvalue weighted by atomic mass is 32.2. The van der Waals surface area contributed by atoms with Gasteiger partial charge in [-0.15, -0.1) is 0 Å². The van der Waals surface area contributed by atoms with Crippen LogP contribution in [0.15, 0.2) is 77.7 Å². The molecule has 3 aromatic rings. The Morgan fingerprint density at radius 1 is 1.03 bits per heavy atom. The molecule has 178 valence electrons. The third-order valence-corrected chi connectivity index (χ3v) is 6.49. The number of thiocarbonyl (C=S) groups is 1. The largest absolute Gasteiger partial charge is 0.494 e. The predicted octanol–water partition coefficient (Wildman–Crippen LogP) is 5.82. The molecule has 0 aromatic heterocycles. The maximum Gasteiger partial charge on any atom is 0.270 e. The first kappa shape index (κ1) is 24.5. The van der Waals surface area contributed by atoms with E-state index < -0.39 is 0 Å². The molecule has 0 atom stereocenters. The summed E-state index contributed by atoms with van der Waals surface area (Å²) in [6.07, 6.45) is 1.74. The molecule has 6 nitrogen and oxygen atoms in total. The van der Waals surface area contributed by atoms with Crippen LogP contribution in [0, 0.1) is 6.92 Å². The second-order valence-electron chi connectivity index (χ2n) is 7.63. The van der Waals surface area contributed by atoms with Gasteiger partial charge in [-0.05, 0) is 61.9 Å². The van der Waals surface area contributed by atoms with E-state index in [2.05, 4.69) is 5.32 Å². The van der Waals surface area contributed by atoms with Gasteiger partial charge in [0.15, 0.2) is 10.9 Å². The van der Waals surface area contributed by atoms with Crippen LogP contribution in [-0.4, -0.2) is 29.3 Å². The number of aryl methyl sites for hydroxylation is 1. The van der Waals surface area contributed by atoms with E-state index >= 15 is 0 Å². The molecule has 0 bridgehead atoms. The molecule has 0 unspecified atom stereocenters. The highest BCUT2D eigenvalue weighted by Gasteiger charge is 2.33. The highest BCUT2D eigenvalue weighted by molar-refractivity contribution is 8.27. The number of carbonyl (C=O) groups is 2. The third-order valence-electron chi connectivity index (χ3n) is 5.18. The lowest BCUT2D eigenvalue weighted by molar-refractivity contribution is -0.118. The van der Waals surface area contributed by atoms with E-state index in [0.717, 1.165) is 17.0 Å². The maximum atomic E-state index is 13.2. The molecule has 2 amide bonds. The number of benzene rings is 3. The Bertz CT molecular complexity index is 1290. The van der Waals surface area contributed by atoms with Crippen LogP contribution in [0.5, 0.6) is 11.5 Å². The van der Waals surface area contributed by atoms with Crippen molar-refractivity contribution in [1.82, 2.24) is 0 Å². The molecule has 1 heterocycles. The Labute approximate surface area is 213 Å². The Kier molecular flexibility index (Phi) is 7.84. The molecule has 8 heteroatoms. The van der Waals surface area contributed by atoms with Gasteiger partial charge in [0.25, 0.3) is 11.8 Å². The summed E-state index contributed by atoms with van der Waals surface area (Å²) in [6, 6.07) is 22.0. The minimum Gasteiger partial charge on any atom is -0.494 e. The molecule has 1 N–H and O–H groups in total. The summed E-state index contributed by atoms with van der Waals surface area (Å²) < 4.78 is 11.7. The number of para-hydroxylation sites is 2. The molecule has 0 aliphatic carbocycles. The number of ether oxygens (including phenoxy) is 2. The first-order valence-corrected chi connectivity index (χ1v) is 12.3. The van der Waals surface area contributed by atoms with Crippen LogP contribution >= 0.6 is 24.0 Å². The van der Waals surface area contributed by atoms with E-state index in [1.165, 1.54) is 16.7 Å². The van der Waals surface area contributed by atoms with Crippen molar-refractivity contribution >= 4 is 57.6 Å². The number of amides is 2. The number of hydrogen-bond donors (Lipinski definition) is 1. The smallest absolute Gasteiger partial charge is 0.270 e. The van der Waals surface area contributed by atoms with Gasteiger partial charge in [0.2, 0.25) is 0 Å². The van der Waals surface area contributed by atoms with Crippen molar-refractivity contribution in [3.63, 3.8) is 0 Å². The van der Waals surface area contributed by atoms with Gasteiger partial charge in [0.1, 0.15) is 11.5 Å². The Balaban J connectivity index is 1.47. The van der Waals surface area contributed by atoms with Crippen LogP contribution in [0.25, 0.3) is 6.08 Å². The summed E-state index contributed by atoms with van der Waals surface area (Å²) in [6.45, 7) is 4.25. The Morgan fingerprint density at radius 3 is 2.49 bits per heavy atom. The van der Waals surface area contributed by atoms with Crippen molar-refractivity contribution in [3.8, 4) is 11.5 Å².